The van der Waals surface area contributed by atoms with E-state index in [9.17, 15) is 9.18 Å². The standard InChI is InChI=1S/C30H20FN5O2/c31-24-14-12-20(13-15-24)28-32-30-36(34-28)29(37)26(38-30)17-23-18-35(25-8-2-1-3-9-25)33-27(23)22-11-10-19-6-4-5-7-21(19)16-22/h1-16,18,26H,17H2. The number of ether oxygens (including phenoxy) is 1. The second-order valence-corrected chi connectivity index (χ2v) is 9.13. The Bertz CT molecular complexity index is 1810. The third kappa shape index (κ3) is 3.83. The van der Waals surface area contributed by atoms with Gasteiger partial charge in [0.25, 0.3) is 5.91 Å². The molecule has 6 aromatic rings. The van der Waals surface area contributed by atoms with Crippen molar-refractivity contribution in [2.24, 2.45) is 0 Å². The molecule has 2 aromatic heterocycles. The molecule has 0 saturated carbocycles. The Morgan fingerprint density at radius 3 is 2.34 bits per heavy atom. The van der Waals surface area contributed by atoms with Crippen LogP contribution in [0, 0.1) is 5.82 Å². The van der Waals surface area contributed by atoms with Crippen molar-refractivity contribution in [2.45, 2.75) is 12.5 Å². The first-order valence-electron chi connectivity index (χ1n) is 12.2. The van der Waals surface area contributed by atoms with E-state index in [1.165, 1.54) is 16.8 Å². The van der Waals surface area contributed by atoms with Crippen LogP contribution in [0.4, 0.5) is 4.39 Å². The van der Waals surface area contributed by atoms with E-state index in [1.807, 2.05) is 59.4 Å². The summed E-state index contributed by atoms with van der Waals surface area (Å²) in [5, 5.41) is 11.5. The number of nitrogens with zero attached hydrogens (tertiary/aromatic N) is 5. The molecule has 0 spiro atoms. The zero-order valence-corrected chi connectivity index (χ0v) is 20.0. The zero-order chi connectivity index (χ0) is 25.6. The number of fused-ring (bicyclic) bond motifs is 2. The van der Waals surface area contributed by atoms with Gasteiger partial charge in [0.05, 0.1) is 11.4 Å². The lowest BCUT2D eigenvalue weighted by atomic mass is 10.0. The van der Waals surface area contributed by atoms with Crippen LogP contribution in [-0.4, -0.2) is 36.6 Å². The fourth-order valence-electron chi connectivity index (χ4n) is 4.73. The van der Waals surface area contributed by atoms with Crippen molar-refractivity contribution in [1.82, 2.24) is 24.5 Å². The summed E-state index contributed by atoms with van der Waals surface area (Å²) in [5.41, 5.74) is 4.11. The van der Waals surface area contributed by atoms with Gasteiger partial charge >= 0.3 is 6.01 Å². The number of aromatic nitrogens is 5. The molecule has 3 heterocycles. The van der Waals surface area contributed by atoms with Crippen molar-refractivity contribution >= 4 is 16.7 Å². The Morgan fingerprint density at radius 1 is 0.816 bits per heavy atom. The van der Waals surface area contributed by atoms with Crippen molar-refractivity contribution in [3.05, 3.63) is 115 Å². The molecule has 0 radical (unpaired) electrons. The van der Waals surface area contributed by atoms with E-state index >= 15 is 0 Å². The number of rotatable bonds is 5. The summed E-state index contributed by atoms with van der Waals surface area (Å²) < 4.78 is 22.3. The molecule has 8 heteroatoms. The molecule has 0 bridgehead atoms. The minimum absolute atomic E-state index is 0.127. The van der Waals surface area contributed by atoms with Crippen LogP contribution in [-0.2, 0) is 6.42 Å². The van der Waals surface area contributed by atoms with Crippen LogP contribution in [0.1, 0.15) is 10.4 Å². The van der Waals surface area contributed by atoms with E-state index < -0.39 is 6.10 Å². The van der Waals surface area contributed by atoms with Gasteiger partial charge in [0.1, 0.15) is 5.82 Å². The van der Waals surface area contributed by atoms with Crippen LogP contribution in [0.2, 0.25) is 0 Å². The van der Waals surface area contributed by atoms with Gasteiger partial charge in [-0.2, -0.15) is 10.1 Å². The van der Waals surface area contributed by atoms with Gasteiger partial charge < -0.3 is 4.74 Å². The van der Waals surface area contributed by atoms with Crippen LogP contribution >= 0.6 is 0 Å². The van der Waals surface area contributed by atoms with Crippen molar-refractivity contribution in [1.29, 1.82) is 0 Å². The summed E-state index contributed by atoms with van der Waals surface area (Å²) in [4.78, 5) is 17.6. The fraction of sp³-hybridized carbons (Fsp3) is 0.0667. The zero-order valence-electron chi connectivity index (χ0n) is 20.0. The highest BCUT2D eigenvalue weighted by molar-refractivity contribution is 5.89. The average Bonchev–Trinajstić information content (AvgIpc) is 3.64. The quantitative estimate of drug-likeness (QED) is 0.301. The first-order chi connectivity index (χ1) is 18.6. The van der Waals surface area contributed by atoms with Gasteiger partial charge in [-0.3, -0.25) is 4.79 Å². The topological polar surface area (TPSA) is 74.8 Å². The minimum Gasteiger partial charge on any atom is -0.449 e. The summed E-state index contributed by atoms with van der Waals surface area (Å²) in [6.45, 7) is 0. The molecular formula is C30H20FN5O2. The summed E-state index contributed by atoms with van der Waals surface area (Å²) in [7, 11) is 0. The van der Waals surface area contributed by atoms with E-state index in [-0.39, 0.29) is 17.7 Å². The first-order valence-corrected chi connectivity index (χ1v) is 12.2. The monoisotopic (exact) mass is 501 g/mol. The van der Waals surface area contributed by atoms with Crippen LogP contribution < -0.4 is 4.74 Å². The molecule has 4 aromatic carbocycles. The maximum Gasteiger partial charge on any atom is 0.323 e. The van der Waals surface area contributed by atoms with Gasteiger partial charge in [-0.1, -0.05) is 54.6 Å². The highest BCUT2D eigenvalue weighted by atomic mass is 19.1. The lowest BCUT2D eigenvalue weighted by Crippen LogP contribution is -2.26. The molecule has 1 aliphatic heterocycles. The molecule has 1 atom stereocenters. The highest BCUT2D eigenvalue weighted by Crippen LogP contribution is 2.31. The van der Waals surface area contributed by atoms with E-state index in [0.717, 1.165) is 33.3 Å². The van der Waals surface area contributed by atoms with Gasteiger partial charge in [-0.05, 0) is 53.2 Å². The number of hydrogen-bond acceptors (Lipinski definition) is 5. The molecule has 0 saturated heterocycles. The van der Waals surface area contributed by atoms with E-state index in [2.05, 4.69) is 34.3 Å². The molecule has 0 amide bonds. The van der Waals surface area contributed by atoms with Gasteiger partial charge in [0.15, 0.2) is 11.9 Å². The largest absolute Gasteiger partial charge is 0.449 e. The predicted molar refractivity (Wildman–Crippen MR) is 141 cm³/mol. The van der Waals surface area contributed by atoms with Gasteiger partial charge in [-0.15, -0.1) is 9.78 Å². The maximum atomic E-state index is 13.3. The Kier molecular flexibility index (Phi) is 5.11. The number of halogens is 1. The lowest BCUT2D eigenvalue weighted by Gasteiger charge is -2.09. The summed E-state index contributed by atoms with van der Waals surface area (Å²) >= 11 is 0. The van der Waals surface area contributed by atoms with Crippen molar-refractivity contribution < 1.29 is 13.9 Å². The fourth-order valence-corrected chi connectivity index (χ4v) is 4.73. The molecular weight excluding hydrogens is 481 g/mol. The van der Waals surface area contributed by atoms with Crippen molar-refractivity contribution in [2.75, 3.05) is 0 Å². The van der Waals surface area contributed by atoms with Crippen LogP contribution in [0.5, 0.6) is 6.01 Å². The molecule has 1 unspecified atom stereocenters. The summed E-state index contributed by atoms with van der Waals surface area (Å²) in [6.07, 6.45) is 1.44. The predicted octanol–water partition coefficient (Wildman–Crippen LogP) is 5.73. The third-order valence-electron chi connectivity index (χ3n) is 6.65. The van der Waals surface area contributed by atoms with Crippen LogP contribution in [0.25, 0.3) is 39.1 Å². The van der Waals surface area contributed by atoms with Gasteiger partial charge in [0.2, 0.25) is 0 Å². The molecule has 7 nitrogen and oxygen atoms in total. The SMILES string of the molecule is O=C1C(Cc2cn(-c3ccccc3)nc2-c2ccc3ccccc3c2)Oc2nc(-c3ccc(F)cc3)nn21. The normalized spacial score (nSPS) is 14.6. The van der Waals surface area contributed by atoms with Crippen LogP contribution in [0.15, 0.2) is 103 Å². The Morgan fingerprint density at radius 2 is 1.55 bits per heavy atom. The molecule has 0 N–H and O–H groups in total. The van der Waals surface area contributed by atoms with Gasteiger partial charge in [0, 0.05) is 29.3 Å². The number of carbonyl (C=O) groups is 1. The molecule has 7 rings (SSSR count). The van der Waals surface area contributed by atoms with E-state index in [1.54, 1.807) is 12.1 Å². The average molecular weight is 502 g/mol. The summed E-state index contributed by atoms with van der Waals surface area (Å²) in [6, 6.07) is 30.1. The minimum atomic E-state index is -0.792. The second-order valence-electron chi connectivity index (χ2n) is 9.13. The number of para-hydroxylation sites is 1. The number of carbonyl (C=O) groups excluding carboxylic acids is 1. The molecule has 38 heavy (non-hydrogen) atoms. The van der Waals surface area contributed by atoms with Crippen molar-refractivity contribution in [3.8, 4) is 34.3 Å². The lowest BCUT2D eigenvalue weighted by molar-refractivity contribution is 0.0796. The maximum absolute atomic E-state index is 13.3. The van der Waals surface area contributed by atoms with Crippen LogP contribution in [0.3, 0.4) is 0 Å². The third-order valence-corrected chi connectivity index (χ3v) is 6.65. The molecule has 0 fully saturated rings. The van der Waals surface area contributed by atoms with Gasteiger partial charge in [-0.25, -0.2) is 9.07 Å². The number of benzene rings is 4. The first kappa shape index (κ1) is 22.1. The molecule has 1 aliphatic rings. The molecule has 0 aliphatic carbocycles. The number of hydrogen-bond donors (Lipinski definition) is 0. The summed E-state index contributed by atoms with van der Waals surface area (Å²) in [5.74, 6) is -0.357. The smallest absolute Gasteiger partial charge is 0.323 e. The van der Waals surface area contributed by atoms with E-state index in [0.29, 0.717) is 17.8 Å². The highest BCUT2D eigenvalue weighted by Gasteiger charge is 2.37. The second kappa shape index (κ2) is 8.77. The molecule has 184 valence electrons. The van der Waals surface area contributed by atoms with E-state index in [4.69, 9.17) is 9.84 Å². The Labute approximate surface area is 216 Å². The van der Waals surface area contributed by atoms with Crippen molar-refractivity contribution in [3.63, 3.8) is 0 Å². The Balaban J connectivity index is 1.23. The Hall–Kier alpha value is -5.11.